The first kappa shape index (κ1) is 14.1. The van der Waals surface area contributed by atoms with Crippen LogP contribution in [-0.4, -0.2) is 15.6 Å². The number of carbonyl (C=O) groups is 1. The van der Waals surface area contributed by atoms with Crippen molar-refractivity contribution in [3.05, 3.63) is 69.6 Å². The van der Waals surface area contributed by atoms with Crippen LogP contribution in [0.15, 0.2) is 47.4 Å². The van der Waals surface area contributed by atoms with Gasteiger partial charge in [-0.25, -0.2) is 0 Å². The van der Waals surface area contributed by atoms with E-state index < -0.39 is 5.97 Å². The average Bonchev–Trinajstić information content (AvgIpc) is 2.42. The van der Waals surface area contributed by atoms with E-state index in [1.807, 2.05) is 31.2 Å². The standard InChI is InChI=1S/C16H17NO3/c1-12-5-2-3-6-14(12)11-17-10-4-7-13(16(17)20)8-9-15(18)19/h2-7,10H,8-9,11H2,1H3,(H,18,19). The fourth-order valence-corrected chi connectivity index (χ4v) is 2.11. The number of rotatable bonds is 5. The van der Waals surface area contributed by atoms with E-state index in [4.69, 9.17) is 5.11 Å². The second-order valence-corrected chi connectivity index (χ2v) is 4.79. The Hall–Kier alpha value is -2.36. The largest absolute Gasteiger partial charge is 0.481 e. The molecule has 1 aromatic heterocycles. The number of carboxylic acid groups (broad SMARTS) is 1. The van der Waals surface area contributed by atoms with Gasteiger partial charge in [0.05, 0.1) is 6.54 Å². The lowest BCUT2D eigenvalue weighted by Crippen LogP contribution is -2.24. The van der Waals surface area contributed by atoms with Crippen molar-refractivity contribution in [2.24, 2.45) is 0 Å². The first-order valence-electron chi connectivity index (χ1n) is 6.52. The van der Waals surface area contributed by atoms with Crippen molar-refractivity contribution in [3.8, 4) is 0 Å². The quantitative estimate of drug-likeness (QED) is 0.907. The number of benzene rings is 1. The van der Waals surface area contributed by atoms with Gasteiger partial charge in [0.25, 0.3) is 5.56 Å². The van der Waals surface area contributed by atoms with E-state index >= 15 is 0 Å². The van der Waals surface area contributed by atoms with Crippen LogP contribution in [0.1, 0.15) is 23.1 Å². The van der Waals surface area contributed by atoms with Gasteiger partial charge in [-0.05, 0) is 30.5 Å². The molecule has 0 unspecified atom stereocenters. The van der Waals surface area contributed by atoms with Crippen molar-refractivity contribution in [1.82, 2.24) is 4.57 Å². The molecular weight excluding hydrogens is 254 g/mol. The summed E-state index contributed by atoms with van der Waals surface area (Å²) in [5.74, 6) is -0.890. The van der Waals surface area contributed by atoms with Gasteiger partial charge in [-0.3, -0.25) is 9.59 Å². The Kier molecular flexibility index (Phi) is 4.35. The fourth-order valence-electron chi connectivity index (χ4n) is 2.11. The Bertz CT molecular complexity index is 673. The highest BCUT2D eigenvalue weighted by Crippen LogP contribution is 2.08. The summed E-state index contributed by atoms with van der Waals surface area (Å²) >= 11 is 0. The molecule has 2 rings (SSSR count). The maximum absolute atomic E-state index is 12.3. The highest BCUT2D eigenvalue weighted by molar-refractivity contribution is 5.67. The molecule has 4 nitrogen and oxygen atoms in total. The first-order valence-corrected chi connectivity index (χ1v) is 6.52. The third-order valence-corrected chi connectivity index (χ3v) is 3.31. The Morgan fingerprint density at radius 2 is 1.85 bits per heavy atom. The molecule has 104 valence electrons. The van der Waals surface area contributed by atoms with Gasteiger partial charge >= 0.3 is 5.97 Å². The maximum atomic E-state index is 12.3. The number of aliphatic carboxylic acids is 1. The Balaban J connectivity index is 2.25. The van der Waals surface area contributed by atoms with Crippen molar-refractivity contribution in [2.45, 2.75) is 26.3 Å². The molecule has 4 heteroatoms. The van der Waals surface area contributed by atoms with Gasteiger partial charge in [-0.15, -0.1) is 0 Å². The Labute approximate surface area is 117 Å². The zero-order valence-corrected chi connectivity index (χ0v) is 11.4. The molecule has 0 saturated heterocycles. The molecule has 0 aliphatic carbocycles. The summed E-state index contributed by atoms with van der Waals surface area (Å²) in [7, 11) is 0. The van der Waals surface area contributed by atoms with Gasteiger partial charge in [-0.2, -0.15) is 0 Å². The lowest BCUT2D eigenvalue weighted by atomic mass is 10.1. The van der Waals surface area contributed by atoms with Gasteiger partial charge in [0, 0.05) is 18.2 Å². The number of carboxylic acids is 1. The number of pyridine rings is 1. The highest BCUT2D eigenvalue weighted by Gasteiger charge is 2.07. The van der Waals surface area contributed by atoms with Crippen LogP contribution in [-0.2, 0) is 17.8 Å². The molecule has 0 amide bonds. The number of nitrogens with zero attached hydrogens (tertiary/aromatic N) is 1. The van der Waals surface area contributed by atoms with Crippen LogP contribution >= 0.6 is 0 Å². The zero-order chi connectivity index (χ0) is 14.5. The molecule has 1 heterocycles. The van der Waals surface area contributed by atoms with Gasteiger partial charge in [0.2, 0.25) is 0 Å². The SMILES string of the molecule is Cc1ccccc1Cn1cccc(CCC(=O)O)c1=O. The number of aromatic nitrogens is 1. The van der Waals surface area contributed by atoms with Gasteiger partial charge in [0.1, 0.15) is 0 Å². The molecule has 0 atom stereocenters. The van der Waals surface area contributed by atoms with E-state index in [0.717, 1.165) is 11.1 Å². The highest BCUT2D eigenvalue weighted by atomic mass is 16.4. The molecule has 0 fully saturated rings. The van der Waals surface area contributed by atoms with E-state index in [2.05, 4.69) is 0 Å². The van der Waals surface area contributed by atoms with E-state index in [1.54, 1.807) is 22.9 Å². The monoisotopic (exact) mass is 271 g/mol. The van der Waals surface area contributed by atoms with Crippen molar-refractivity contribution in [2.75, 3.05) is 0 Å². The predicted octanol–water partition coefficient (Wildman–Crippen LogP) is 2.22. The average molecular weight is 271 g/mol. The molecule has 0 spiro atoms. The lowest BCUT2D eigenvalue weighted by Gasteiger charge is -2.10. The maximum Gasteiger partial charge on any atom is 0.303 e. The summed E-state index contributed by atoms with van der Waals surface area (Å²) < 4.78 is 1.62. The van der Waals surface area contributed by atoms with Crippen LogP contribution in [0.25, 0.3) is 0 Å². The fraction of sp³-hybridized carbons (Fsp3) is 0.250. The van der Waals surface area contributed by atoms with Crippen molar-refractivity contribution >= 4 is 5.97 Å². The molecule has 0 saturated carbocycles. The number of aryl methyl sites for hydroxylation is 2. The summed E-state index contributed by atoms with van der Waals surface area (Å²) in [6.07, 6.45) is 1.98. The molecule has 20 heavy (non-hydrogen) atoms. The third-order valence-electron chi connectivity index (χ3n) is 3.31. The lowest BCUT2D eigenvalue weighted by molar-refractivity contribution is -0.136. The van der Waals surface area contributed by atoms with Crippen LogP contribution in [0, 0.1) is 6.92 Å². The second kappa shape index (κ2) is 6.19. The molecule has 0 bridgehead atoms. The second-order valence-electron chi connectivity index (χ2n) is 4.79. The van der Waals surface area contributed by atoms with Gasteiger partial charge < -0.3 is 9.67 Å². The van der Waals surface area contributed by atoms with Crippen molar-refractivity contribution in [3.63, 3.8) is 0 Å². The minimum absolute atomic E-state index is 0.0242. The molecule has 0 aliphatic rings. The predicted molar refractivity (Wildman–Crippen MR) is 76.9 cm³/mol. The topological polar surface area (TPSA) is 59.3 Å². The van der Waals surface area contributed by atoms with E-state index in [9.17, 15) is 9.59 Å². The van der Waals surface area contributed by atoms with Gasteiger partial charge in [0.15, 0.2) is 0 Å². The van der Waals surface area contributed by atoms with Crippen LogP contribution in [0.5, 0.6) is 0 Å². The molecule has 0 radical (unpaired) electrons. The summed E-state index contributed by atoms with van der Waals surface area (Å²) in [4.78, 5) is 22.9. The van der Waals surface area contributed by atoms with Crippen molar-refractivity contribution in [1.29, 1.82) is 0 Å². The molecule has 2 aromatic rings. The van der Waals surface area contributed by atoms with E-state index in [0.29, 0.717) is 12.1 Å². The Morgan fingerprint density at radius 3 is 2.55 bits per heavy atom. The summed E-state index contributed by atoms with van der Waals surface area (Å²) in [6.45, 7) is 2.51. The van der Waals surface area contributed by atoms with E-state index in [1.165, 1.54) is 0 Å². The minimum atomic E-state index is -0.890. The van der Waals surface area contributed by atoms with Gasteiger partial charge in [-0.1, -0.05) is 30.3 Å². The number of hydrogen-bond donors (Lipinski definition) is 1. The first-order chi connectivity index (χ1) is 9.58. The smallest absolute Gasteiger partial charge is 0.303 e. The molecule has 1 aromatic carbocycles. The third kappa shape index (κ3) is 3.35. The summed E-state index contributed by atoms with van der Waals surface area (Å²) in [5, 5.41) is 8.70. The van der Waals surface area contributed by atoms with Crippen LogP contribution < -0.4 is 5.56 Å². The van der Waals surface area contributed by atoms with Crippen LogP contribution in [0.4, 0.5) is 0 Å². The Morgan fingerprint density at radius 1 is 1.15 bits per heavy atom. The molecular formula is C16H17NO3. The van der Waals surface area contributed by atoms with Crippen molar-refractivity contribution < 1.29 is 9.90 Å². The normalized spacial score (nSPS) is 10.4. The van der Waals surface area contributed by atoms with Crippen LogP contribution in [0.3, 0.4) is 0 Å². The molecule has 0 aliphatic heterocycles. The van der Waals surface area contributed by atoms with E-state index in [-0.39, 0.29) is 18.4 Å². The minimum Gasteiger partial charge on any atom is -0.481 e. The zero-order valence-electron chi connectivity index (χ0n) is 11.4. The summed E-state index contributed by atoms with van der Waals surface area (Å²) in [5.41, 5.74) is 2.65. The summed E-state index contributed by atoms with van der Waals surface area (Å²) in [6, 6.07) is 11.4. The number of hydrogen-bond acceptors (Lipinski definition) is 2. The molecule has 1 N–H and O–H groups in total. The van der Waals surface area contributed by atoms with Crippen LogP contribution in [0.2, 0.25) is 0 Å².